The van der Waals surface area contributed by atoms with E-state index >= 15 is 0 Å². The number of thiazole rings is 1. The third kappa shape index (κ3) is 8.19. The molecule has 6 nitrogen and oxygen atoms in total. The van der Waals surface area contributed by atoms with E-state index in [9.17, 15) is 0 Å². The van der Waals surface area contributed by atoms with Crippen molar-refractivity contribution in [2.24, 2.45) is 10.9 Å². The lowest BCUT2D eigenvalue weighted by Crippen LogP contribution is -2.43. The summed E-state index contributed by atoms with van der Waals surface area (Å²) >= 11 is 1.77. The number of aryl methyl sites for hydroxylation is 1. The number of aliphatic imine (C=N–C) groups is 1. The van der Waals surface area contributed by atoms with E-state index in [4.69, 9.17) is 4.74 Å². The maximum atomic E-state index is 5.15. The van der Waals surface area contributed by atoms with E-state index in [1.807, 2.05) is 13.2 Å². The molecule has 0 aromatic carbocycles. The minimum absolute atomic E-state index is 0. The van der Waals surface area contributed by atoms with Crippen LogP contribution in [0.3, 0.4) is 0 Å². The number of likely N-dealkylation sites (tertiary alicyclic amines) is 1. The fourth-order valence-electron chi connectivity index (χ4n) is 2.85. The molecule has 0 radical (unpaired) electrons. The zero-order chi connectivity index (χ0) is 17.2. The first-order valence-electron chi connectivity index (χ1n) is 8.84. The van der Waals surface area contributed by atoms with Gasteiger partial charge in [-0.1, -0.05) is 6.92 Å². The summed E-state index contributed by atoms with van der Waals surface area (Å²) in [7, 11) is 3.59. The molecule has 1 aromatic rings. The van der Waals surface area contributed by atoms with Crippen molar-refractivity contribution in [3.05, 3.63) is 16.1 Å². The number of nitrogens with zero attached hydrogens (tertiary/aromatic N) is 3. The highest BCUT2D eigenvalue weighted by Crippen LogP contribution is 2.16. The molecule has 1 aliphatic heterocycles. The molecule has 1 aliphatic rings. The number of aromatic nitrogens is 1. The molecule has 0 spiro atoms. The first kappa shape index (κ1) is 22.6. The molecule has 144 valence electrons. The third-order valence-electron chi connectivity index (χ3n) is 4.46. The van der Waals surface area contributed by atoms with Crippen molar-refractivity contribution in [2.45, 2.75) is 32.7 Å². The Labute approximate surface area is 172 Å². The molecular weight excluding hydrogens is 449 g/mol. The van der Waals surface area contributed by atoms with E-state index in [0.29, 0.717) is 5.92 Å². The van der Waals surface area contributed by atoms with Crippen LogP contribution in [0.5, 0.6) is 0 Å². The summed E-state index contributed by atoms with van der Waals surface area (Å²) < 4.78 is 5.15. The van der Waals surface area contributed by atoms with Crippen LogP contribution < -0.4 is 10.6 Å². The van der Waals surface area contributed by atoms with Gasteiger partial charge in [-0.3, -0.25) is 4.99 Å². The summed E-state index contributed by atoms with van der Waals surface area (Å²) in [6.45, 7) is 8.09. The van der Waals surface area contributed by atoms with E-state index in [1.54, 1.807) is 18.4 Å². The molecule has 0 unspecified atom stereocenters. The number of rotatable bonds is 8. The molecule has 1 fully saturated rings. The molecule has 0 bridgehead atoms. The molecule has 8 heteroatoms. The molecule has 0 amide bonds. The Morgan fingerprint density at radius 3 is 2.76 bits per heavy atom. The molecule has 0 saturated carbocycles. The van der Waals surface area contributed by atoms with Crippen LogP contribution in [0.2, 0.25) is 0 Å². The second-order valence-electron chi connectivity index (χ2n) is 6.16. The normalized spacial score (nSPS) is 16.5. The molecule has 2 heterocycles. The lowest BCUT2D eigenvalue weighted by molar-refractivity contribution is 0.121. The zero-order valence-corrected chi connectivity index (χ0v) is 18.7. The zero-order valence-electron chi connectivity index (χ0n) is 15.6. The second-order valence-corrected chi connectivity index (χ2v) is 7.36. The minimum Gasteiger partial charge on any atom is -0.383 e. The Morgan fingerprint density at radius 1 is 1.40 bits per heavy atom. The number of guanidine groups is 1. The molecule has 0 aliphatic carbocycles. The highest BCUT2D eigenvalue weighted by molar-refractivity contribution is 14.0. The van der Waals surface area contributed by atoms with Gasteiger partial charge in [0, 0.05) is 38.3 Å². The number of halogens is 1. The van der Waals surface area contributed by atoms with Gasteiger partial charge in [0.15, 0.2) is 5.96 Å². The average Bonchev–Trinajstić information content (AvgIpc) is 3.09. The van der Waals surface area contributed by atoms with Gasteiger partial charge in [0.25, 0.3) is 0 Å². The lowest BCUT2D eigenvalue weighted by atomic mass is 9.97. The van der Waals surface area contributed by atoms with Crippen LogP contribution in [-0.4, -0.2) is 62.8 Å². The molecule has 2 N–H and O–H groups in total. The summed E-state index contributed by atoms with van der Waals surface area (Å²) in [5.41, 5.74) is 0. The largest absolute Gasteiger partial charge is 0.383 e. The quantitative estimate of drug-likeness (QED) is 0.339. The Bertz CT molecular complexity index is 503. The topological polar surface area (TPSA) is 61.8 Å². The number of hydrogen-bond donors (Lipinski definition) is 2. The smallest absolute Gasteiger partial charge is 0.191 e. The standard InChI is InChI=1S/C17H31N5OS.HI/c1-4-15-12-19-16(24-15)13-21-17(18-2)20-11-14-5-7-22(8-6-14)9-10-23-3;/h12,14H,4-11,13H2,1-3H3,(H2,18,20,21);1H. The van der Waals surface area contributed by atoms with Crippen LogP contribution in [0.4, 0.5) is 0 Å². The summed E-state index contributed by atoms with van der Waals surface area (Å²) in [4.78, 5) is 12.6. The first-order chi connectivity index (χ1) is 11.7. The van der Waals surface area contributed by atoms with Gasteiger partial charge in [-0.15, -0.1) is 35.3 Å². The Morgan fingerprint density at radius 2 is 2.16 bits per heavy atom. The highest BCUT2D eigenvalue weighted by atomic mass is 127. The van der Waals surface area contributed by atoms with Gasteiger partial charge in [-0.05, 0) is 38.3 Å². The number of methoxy groups -OCH3 is 1. The number of piperidine rings is 1. The number of hydrogen-bond acceptors (Lipinski definition) is 5. The van der Waals surface area contributed by atoms with Crippen molar-refractivity contribution in [1.29, 1.82) is 0 Å². The number of nitrogens with one attached hydrogen (secondary N) is 2. The highest BCUT2D eigenvalue weighted by Gasteiger charge is 2.19. The predicted molar refractivity (Wildman–Crippen MR) is 116 cm³/mol. The van der Waals surface area contributed by atoms with Gasteiger partial charge in [-0.2, -0.15) is 0 Å². The van der Waals surface area contributed by atoms with Crippen LogP contribution in [0.25, 0.3) is 0 Å². The van der Waals surface area contributed by atoms with Crippen LogP contribution in [0.1, 0.15) is 29.7 Å². The maximum absolute atomic E-state index is 5.15. The van der Waals surface area contributed by atoms with E-state index in [2.05, 4.69) is 32.4 Å². The summed E-state index contributed by atoms with van der Waals surface area (Å²) in [5.74, 6) is 1.58. The Balaban J connectivity index is 0.00000312. The van der Waals surface area contributed by atoms with Gasteiger partial charge in [0.1, 0.15) is 5.01 Å². The molecular formula is C17H32IN5OS. The van der Waals surface area contributed by atoms with Crippen molar-refractivity contribution in [3.8, 4) is 0 Å². The van der Waals surface area contributed by atoms with Crippen LogP contribution in [-0.2, 0) is 17.7 Å². The summed E-state index contributed by atoms with van der Waals surface area (Å²) in [6, 6.07) is 0. The van der Waals surface area contributed by atoms with Crippen molar-refractivity contribution in [2.75, 3.05) is 46.9 Å². The monoisotopic (exact) mass is 481 g/mol. The fraction of sp³-hybridized carbons (Fsp3) is 0.765. The van der Waals surface area contributed by atoms with Gasteiger partial charge in [0.05, 0.1) is 13.2 Å². The van der Waals surface area contributed by atoms with Crippen LogP contribution in [0.15, 0.2) is 11.2 Å². The molecule has 0 atom stereocenters. The molecule has 25 heavy (non-hydrogen) atoms. The average molecular weight is 481 g/mol. The molecule has 1 aromatic heterocycles. The first-order valence-corrected chi connectivity index (χ1v) is 9.66. The summed E-state index contributed by atoms with van der Waals surface area (Å²) in [5, 5.41) is 7.93. The van der Waals surface area contributed by atoms with Crippen molar-refractivity contribution >= 4 is 41.3 Å². The van der Waals surface area contributed by atoms with E-state index < -0.39 is 0 Å². The van der Waals surface area contributed by atoms with E-state index in [1.165, 1.54) is 30.8 Å². The van der Waals surface area contributed by atoms with Crippen LogP contribution in [0, 0.1) is 5.92 Å². The van der Waals surface area contributed by atoms with E-state index in [0.717, 1.165) is 43.6 Å². The van der Waals surface area contributed by atoms with Gasteiger partial charge in [-0.25, -0.2) is 4.98 Å². The van der Waals surface area contributed by atoms with Gasteiger partial charge >= 0.3 is 0 Å². The minimum atomic E-state index is 0. The van der Waals surface area contributed by atoms with Crippen LogP contribution >= 0.6 is 35.3 Å². The SMILES string of the molecule is CCc1cnc(CNC(=NC)NCC2CCN(CCOC)CC2)s1.I. The molecule has 1 saturated heterocycles. The van der Waals surface area contributed by atoms with Crippen molar-refractivity contribution in [3.63, 3.8) is 0 Å². The summed E-state index contributed by atoms with van der Waals surface area (Å²) in [6.07, 6.45) is 5.49. The van der Waals surface area contributed by atoms with Gasteiger partial charge < -0.3 is 20.3 Å². The Hall–Kier alpha value is -0.450. The Kier molecular flexibility index (Phi) is 11.6. The molecule has 2 rings (SSSR count). The predicted octanol–water partition coefficient (Wildman–Crippen LogP) is 2.35. The van der Waals surface area contributed by atoms with E-state index in [-0.39, 0.29) is 24.0 Å². The third-order valence-corrected chi connectivity index (χ3v) is 5.60. The maximum Gasteiger partial charge on any atom is 0.191 e. The van der Waals surface area contributed by atoms with Crippen molar-refractivity contribution in [1.82, 2.24) is 20.5 Å². The lowest BCUT2D eigenvalue weighted by Gasteiger charge is -2.32. The second kappa shape index (κ2) is 12.8. The fourth-order valence-corrected chi connectivity index (χ4v) is 3.65. The number of ether oxygens (including phenoxy) is 1. The van der Waals surface area contributed by atoms with Crippen molar-refractivity contribution < 1.29 is 4.74 Å². The van der Waals surface area contributed by atoms with Gasteiger partial charge in [0.2, 0.25) is 0 Å².